The largest absolute Gasteiger partial charge is 0.344 e. The highest BCUT2D eigenvalue weighted by Crippen LogP contribution is 2.22. The van der Waals surface area contributed by atoms with Crippen LogP contribution in [0.4, 0.5) is 0 Å². The van der Waals surface area contributed by atoms with Crippen molar-refractivity contribution in [2.45, 2.75) is 18.9 Å². The van der Waals surface area contributed by atoms with Gasteiger partial charge in [0.05, 0.1) is 11.6 Å². The minimum atomic E-state index is -0.0542. The molecule has 1 atom stereocenters. The lowest BCUT2D eigenvalue weighted by Gasteiger charge is -2.30. The number of nitrogens with one attached hydrogen (secondary N) is 1. The van der Waals surface area contributed by atoms with Crippen LogP contribution in [0.2, 0.25) is 0 Å². The van der Waals surface area contributed by atoms with Crippen molar-refractivity contribution < 1.29 is 4.79 Å². The highest BCUT2D eigenvalue weighted by molar-refractivity contribution is 7.71. The van der Waals surface area contributed by atoms with Crippen molar-refractivity contribution in [1.29, 1.82) is 0 Å². The number of fused-ring (bicyclic) bond motifs is 1. The van der Waals surface area contributed by atoms with Gasteiger partial charge >= 0.3 is 0 Å². The highest BCUT2D eigenvalue weighted by Gasteiger charge is 2.26. The lowest BCUT2D eigenvalue weighted by molar-refractivity contribution is -0.132. The van der Waals surface area contributed by atoms with E-state index in [1.165, 1.54) is 11.3 Å². The van der Waals surface area contributed by atoms with E-state index < -0.39 is 0 Å². The van der Waals surface area contributed by atoms with Crippen LogP contribution >= 0.6 is 23.6 Å². The summed E-state index contributed by atoms with van der Waals surface area (Å²) in [7, 11) is 1.76. The van der Waals surface area contributed by atoms with E-state index in [0.29, 0.717) is 28.9 Å². The number of nitrogens with zero attached hydrogens (tertiary/aromatic N) is 2. The van der Waals surface area contributed by atoms with E-state index in [9.17, 15) is 9.59 Å². The predicted molar refractivity (Wildman–Crippen MR) is 77.2 cm³/mol. The Hall–Kier alpha value is -1.47. The van der Waals surface area contributed by atoms with Crippen LogP contribution in [0.15, 0.2) is 16.2 Å². The third kappa shape index (κ3) is 2.02. The fourth-order valence-corrected chi connectivity index (χ4v) is 3.61. The lowest BCUT2D eigenvalue weighted by atomic mass is 10.1. The second-order valence-corrected chi connectivity index (χ2v) is 6.04. The van der Waals surface area contributed by atoms with Gasteiger partial charge in [-0.05, 0) is 30.1 Å². The maximum atomic E-state index is 12.5. The van der Waals surface area contributed by atoms with Gasteiger partial charge < -0.3 is 9.88 Å². The predicted octanol–water partition coefficient (Wildman–Crippen LogP) is 1.91. The molecule has 3 heterocycles. The van der Waals surface area contributed by atoms with Gasteiger partial charge in [0.25, 0.3) is 5.56 Å². The first-order valence-electron chi connectivity index (χ1n) is 6.04. The summed E-state index contributed by atoms with van der Waals surface area (Å²) in [6.45, 7) is 0.535. The van der Waals surface area contributed by atoms with Crippen molar-refractivity contribution >= 4 is 39.7 Å². The summed E-state index contributed by atoms with van der Waals surface area (Å²) in [5.74, 6) is 0.122. The topological polar surface area (TPSA) is 58.1 Å². The number of carbonyl (C=O) groups is 1. The minimum Gasteiger partial charge on any atom is -0.344 e. The maximum absolute atomic E-state index is 12.5. The number of piperidine rings is 1. The fourth-order valence-electron chi connectivity index (χ4n) is 2.48. The molecule has 100 valence electrons. The van der Waals surface area contributed by atoms with Crippen molar-refractivity contribution in [1.82, 2.24) is 14.5 Å². The zero-order valence-electron chi connectivity index (χ0n) is 10.4. The van der Waals surface area contributed by atoms with E-state index in [1.807, 2.05) is 11.4 Å². The number of hydrogen-bond donors (Lipinski definition) is 1. The smallest absolute Gasteiger partial charge is 0.272 e. The zero-order valence-corrected chi connectivity index (χ0v) is 12.0. The SMILES string of the molecule is CN1CC(n2c(=S)[nH]c3ccsc3c2=O)CCC1=O. The number of thiophene rings is 1. The Balaban J connectivity index is 2.12. The Bertz CT molecular complexity index is 758. The second kappa shape index (κ2) is 4.57. The number of likely N-dealkylation sites (N-methyl/N-ethyl adjacent to an activating group) is 1. The molecular formula is C12H13N3O2S2. The first kappa shape index (κ1) is 12.6. The van der Waals surface area contributed by atoms with Crippen molar-refractivity contribution in [2.24, 2.45) is 0 Å². The number of amides is 1. The molecule has 1 N–H and O–H groups in total. The summed E-state index contributed by atoms with van der Waals surface area (Å²) in [6, 6.07) is 1.82. The monoisotopic (exact) mass is 295 g/mol. The maximum Gasteiger partial charge on any atom is 0.272 e. The minimum absolute atomic E-state index is 0.0366. The molecule has 1 unspecified atom stereocenters. The van der Waals surface area contributed by atoms with Crippen LogP contribution in [0.5, 0.6) is 0 Å². The normalized spacial score (nSPS) is 20.2. The first-order chi connectivity index (χ1) is 9.08. The van der Waals surface area contributed by atoms with Gasteiger partial charge in [-0.2, -0.15) is 0 Å². The van der Waals surface area contributed by atoms with Crippen LogP contribution < -0.4 is 5.56 Å². The molecule has 3 rings (SSSR count). The summed E-state index contributed by atoms with van der Waals surface area (Å²) in [6.07, 6.45) is 1.13. The lowest BCUT2D eigenvalue weighted by Crippen LogP contribution is -2.41. The van der Waals surface area contributed by atoms with E-state index in [0.717, 1.165) is 5.52 Å². The molecule has 0 spiro atoms. The molecular weight excluding hydrogens is 282 g/mol. The van der Waals surface area contributed by atoms with Gasteiger partial charge in [-0.25, -0.2) is 0 Å². The third-order valence-corrected chi connectivity index (χ3v) is 4.71. The molecule has 0 radical (unpaired) electrons. The van der Waals surface area contributed by atoms with E-state index >= 15 is 0 Å². The number of carbonyl (C=O) groups excluding carboxylic acids is 1. The average molecular weight is 295 g/mol. The van der Waals surface area contributed by atoms with E-state index in [2.05, 4.69) is 4.98 Å². The van der Waals surface area contributed by atoms with E-state index in [-0.39, 0.29) is 17.5 Å². The molecule has 1 fully saturated rings. The molecule has 1 aliphatic rings. The summed E-state index contributed by atoms with van der Waals surface area (Å²) in [4.78, 5) is 28.7. The van der Waals surface area contributed by atoms with Crippen LogP contribution in [0.3, 0.4) is 0 Å². The molecule has 0 aliphatic carbocycles. The van der Waals surface area contributed by atoms with Gasteiger partial charge in [0.15, 0.2) is 4.77 Å². The number of H-pyrrole nitrogens is 1. The van der Waals surface area contributed by atoms with Crippen molar-refractivity contribution in [3.63, 3.8) is 0 Å². The average Bonchev–Trinajstić information content (AvgIpc) is 2.82. The Morgan fingerprint density at radius 2 is 2.26 bits per heavy atom. The Morgan fingerprint density at radius 3 is 3.00 bits per heavy atom. The molecule has 5 nitrogen and oxygen atoms in total. The van der Waals surface area contributed by atoms with Gasteiger partial charge in [0, 0.05) is 20.0 Å². The van der Waals surface area contributed by atoms with Gasteiger partial charge in [-0.3, -0.25) is 14.2 Å². The van der Waals surface area contributed by atoms with Crippen LogP contribution in [0, 0.1) is 4.77 Å². The summed E-state index contributed by atoms with van der Waals surface area (Å²) >= 11 is 6.70. The number of hydrogen-bond acceptors (Lipinski definition) is 4. The van der Waals surface area contributed by atoms with Crippen molar-refractivity contribution in [2.75, 3.05) is 13.6 Å². The fraction of sp³-hybridized carbons (Fsp3) is 0.417. The van der Waals surface area contributed by atoms with Crippen molar-refractivity contribution in [3.05, 3.63) is 26.6 Å². The zero-order chi connectivity index (χ0) is 13.6. The van der Waals surface area contributed by atoms with Crippen molar-refractivity contribution in [3.8, 4) is 0 Å². The molecule has 0 aromatic carbocycles. The van der Waals surface area contributed by atoms with Crippen LogP contribution in [0.25, 0.3) is 10.2 Å². The quantitative estimate of drug-likeness (QED) is 0.818. The van der Waals surface area contributed by atoms with Gasteiger partial charge in [-0.1, -0.05) is 0 Å². The number of aromatic amines is 1. The van der Waals surface area contributed by atoms with E-state index in [4.69, 9.17) is 12.2 Å². The summed E-state index contributed by atoms with van der Waals surface area (Å²) in [5.41, 5.74) is 0.734. The summed E-state index contributed by atoms with van der Waals surface area (Å²) in [5, 5.41) is 1.87. The Kier molecular flexibility index (Phi) is 3.02. The highest BCUT2D eigenvalue weighted by atomic mass is 32.1. The first-order valence-corrected chi connectivity index (χ1v) is 7.32. The number of likely N-dealkylation sites (tertiary alicyclic amines) is 1. The van der Waals surface area contributed by atoms with Gasteiger partial charge in [0.2, 0.25) is 5.91 Å². The van der Waals surface area contributed by atoms with Gasteiger partial charge in [-0.15, -0.1) is 11.3 Å². The Morgan fingerprint density at radius 1 is 1.47 bits per heavy atom. The van der Waals surface area contributed by atoms with Crippen LogP contribution in [0.1, 0.15) is 18.9 Å². The van der Waals surface area contributed by atoms with Crippen LogP contribution in [-0.2, 0) is 4.79 Å². The molecule has 7 heteroatoms. The standard InChI is InChI=1S/C12H13N3O2S2/c1-14-6-7(2-3-9(14)16)15-11(17)10-8(4-5-19-10)13-12(15)18/h4-5,7H,2-3,6H2,1H3,(H,13,18). The molecule has 1 saturated heterocycles. The summed E-state index contributed by atoms with van der Waals surface area (Å²) < 4.78 is 2.74. The van der Waals surface area contributed by atoms with E-state index in [1.54, 1.807) is 16.5 Å². The molecule has 1 aliphatic heterocycles. The molecule has 1 amide bonds. The molecule has 19 heavy (non-hydrogen) atoms. The number of rotatable bonds is 1. The van der Waals surface area contributed by atoms with Gasteiger partial charge in [0.1, 0.15) is 4.70 Å². The second-order valence-electron chi connectivity index (χ2n) is 4.74. The molecule has 2 aromatic rings. The molecule has 0 saturated carbocycles. The Labute approximate surface area is 118 Å². The van der Waals surface area contributed by atoms with Crippen LogP contribution in [-0.4, -0.2) is 34.0 Å². The molecule has 2 aromatic heterocycles. The third-order valence-electron chi connectivity index (χ3n) is 3.51. The number of aromatic nitrogens is 2. The molecule has 0 bridgehead atoms.